The summed E-state index contributed by atoms with van der Waals surface area (Å²) in [5, 5.41) is 0.744. The van der Waals surface area contributed by atoms with E-state index in [-0.39, 0.29) is 6.04 Å². The average Bonchev–Trinajstić information content (AvgIpc) is 2.81. The molecule has 7 heteroatoms. The van der Waals surface area contributed by atoms with Gasteiger partial charge in [-0.25, -0.2) is 0 Å². The number of carbonyl (C=O) groups is 1. The van der Waals surface area contributed by atoms with Crippen LogP contribution in [0.4, 0.5) is 0 Å². The van der Waals surface area contributed by atoms with Crippen LogP contribution >= 0.6 is 43.5 Å². The molecule has 0 N–H and O–H groups in total. The van der Waals surface area contributed by atoms with Crippen LogP contribution in [0.3, 0.4) is 0 Å². The average molecular weight is 500 g/mol. The monoisotopic (exact) mass is 497 g/mol. The highest BCUT2D eigenvalue weighted by atomic mass is 79.9. The second-order valence-electron chi connectivity index (χ2n) is 6.71. The summed E-state index contributed by atoms with van der Waals surface area (Å²) in [4.78, 5) is 20.2. The molecule has 136 valence electrons. The Morgan fingerprint density at radius 3 is 2.65 bits per heavy atom. The number of aromatic nitrogens is 1. The van der Waals surface area contributed by atoms with Crippen LogP contribution in [0.5, 0.6) is 0 Å². The zero-order valence-electron chi connectivity index (χ0n) is 14.1. The third-order valence-electron chi connectivity index (χ3n) is 5.26. The number of piperazine rings is 1. The van der Waals surface area contributed by atoms with E-state index >= 15 is 0 Å². The zero-order valence-corrected chi connectivity index (χ0v) is 18.0. The SMILES string of the molecule is O=CN1CCN(C2c3ccc(Cl)c(Br)c3CCc3cc(Br)cnc32)CC1. The maximum absolute atomic E-state index is 11.1. The lowest BCUT2D eigenvalue weighted by atomic mass is 9.96. The quantitative estimate of drug-likeness (QED) is 0.581. The van der Waals surface area contributed by atoms with Gasteiger partial charge in [0.15, 0.2) is 0 Å². The molecule has 1 amide bonds. The van der Waals surface area contributed by atoms with Crippen molar-refractivity contribution in [3.63, 3.8) is 0 Å². The van der Waals surface area contributed by atoms with Crippen molar-refractivity contribution in [1.82, 2.24) is 14.8 Å². The van der Waals surface area contributed by atoms with Gasteiger partial charge in [-0.15, -0.1) is 0 Å². The van der Waals surface area contributed by atoms with Crippen LogP contribution in [-0.2, 0) is 17.6 Å². The number of hydrogen-bond acceptors (Lipinski definition) is 3. The van der Waals surface area contributed by atoms with Crippen LogP contribution in [0.15, 0.2) is 33.3 Å². The first-order valence-electron chi connectivity index (χ1n) is 8.63. The second-order valence-corrected chi connectivity index (χ2v) is 8.82. The molecule has 2 aromatic rings. The standard InChI is InChI=1S/C19H18Br2ClN3O/c20-13-9-12-1-2-14-15(3-4-16(22)17(14)21)19(18(12)23-10-13)25-7-5-24(11-26)6-8-25/h3-4,9-11,19H,1-2,5-8H2. The number of carbonyl (C=O) groups excluding carboxylic acids is 1. The molecular formula is C19H18Br2ClN3O. The molecule has 0 saturated carbocycles. The number of benzene rings is 1. The van der Waals surface area contributed by atoms with E-state index in [4.69, 9.17) is 16.6 Å². The molecule has 0 radical (unpaired) electrons. The highest BCUT2D eigenvalue weighted by molar-refractivity contribution is 9.10. The largest absolute Gasteiger partial charge is 0.343 e. The molecule has 1 unspecified atom stereocenters. The number of halogens is 3. The number of aryl methyl sites for hydroxylation is 1. The second kappa shape index (κ2) is 7.58. The molecule has 2 heterocycles. The third-order valence-corrected chi connectivity index (χ3v) is 7.14. The lowest BCUT2D eigenvalue weighted by Gasteiger charge is -2.38. The van der Waals surface area contributed by atoms with Gasteiger partial charge >= 0.3 is 0 Å². The van der Waals surface area contributed by atoms with Crippen LogP contribution in [-0.4, -0.2) is 47.4 Å². The summed E-state index contributed by atoms with van der Waals surface area (Å²) < 4.78 is 1.99. The molecule has 1 aromatic carbocycles. The summed E-state index contributed by atoms with van der Waals surface area (Å²) in [6, 6.07) is 6.36. The fourth-order valence-electron chi connectivity index (χ4n) is 3.93. The number of fused-ring (bicyclic) bond motifs is 2. The molecular weight excluding hydrogens is 481 g/mol. The number of nitrogens with zero attached hydrogens (tertiary/aromatic N) is 3. The summed E-state index contributed by atoms with van der Waals surface area (Å²) >= 11 is 13.6. The summed E-state index contributed by atoms with van der Waals surface area (Å²) in [5.41, 5.74) is 4.89. The molecule has 1 aliphatic carbocycles. The van der Waals surface area contributed by atoms with Crippen LogP contribution < -0.4 is 0 Å². The Morgan fingerprint density at radius 1 is 1.15 bits per heavy atom. The van der Waals surface area contributed by atoms with Crippen molar-refractivity contribution in [3.05, 3.63) is 60.7 Å². The Labute approximate surface area is 174 Å². The highest BCUT2D eigenvalue weighted by Gasteiger charge is 2.33. The van der Waals surface area contributed by atoms with Gasteiger partial charge in [0.25, 0.3) is 0 Å². The van der Waals surface area contributed by atoms with Crippen molar-refractivity contribution in [2.24, 2.45) is 0 Å². The number of rotatable bonds is 2. The lowest BCUT2D eigenvalue weighted by molar-refractivity contribution is -0.119. The molecule has 1 aromatic heterocycles. The summed E-state index contributed by atoms with van der Waals surface area (Å²) in [6.07, 6.45) is 4.67. The molecule has 4 rings (SSSR count). The van der Waals surface area contributed by atoms with Gasteiger partial charge in [0.1, 0.15) is 0 Å². The fraction of sp³-hybridized carbons (Fsp3) is 0.368. The van der Waals surface area contributed by atoms with E-state index < -0.39 is 0 Å². The number of hydrogen-bond donors (Lipinski definition) is 0. The Balaban J connectivity index is 1.83. The number of pyridine rings is 1. The predicted octanol–water partition coefficient (Wildman–Crippen LogP) is 4.22. The van der Waals surface area contributed by atoms with Gasteiger partial charge in [-0.3, -0.25) is 14.7 Å². The van der Waals surface area contributed by atoms with Crippen molar-refractivity contribution in [2.75, 3.05) is 26.2 Å². The maximum atomic E-state index is 11.1. The van der Waals surface area contributed by atoms with Crippen LogP contribution in [0, 0.1) is 0 Å². The van der Waals surface area contributed by atoms with E-state index in [0.717, 1.165) is 65.1 Å². The minimum absolute atomic E-state index is 0.0815. The minimum Gasteiger partial charge on any atom is -0.343 e. The first-order valence-corrected chi connectivity index (χ1v) is 10.6. The van der Waals surface area contributed by atoms with Gasteiger partial charge in [0, 0.05) is 41.3 Å². The summed E-state index contributed by atoms with van der Waals surface area (Å²) in [5.74, 6) is 0. The van der Waals surface area contributed by atoms with E-state index in [1.807, 2.05) is 17.2 Å². The Kier molecular flexibility index (Phi) is 5.37. The normalized spacial score (nSPS) is 20.3. The highest BCUT2D eigenvalue weighted by Crippen LogP contribution is 2.41. The minimum atomic E-state index is 0.0815. The molecule has 1 fully saturated rings. The van der Waals surface area contributed by atoms with Crippen molar-refractivity contribution < 1.29 is 4.79 Å². The van der Waals surface area contributed by atoms with Crippen molar-refractivity contribution in [3.8, 4) is 0 Å². The van der Waals surface area contributed by atoms with E-state index in [1.165, 1.54) is 16.7 Å². The molecule has 0 spiro atoms. The lowest BCUT2D eigenvalue weighted by Crippen LogP contribution is -2.47. The first-order chi connectivity index (χ1) is 12.6. The van der Waals surface area contributed by atoms with E-state index in [2.05, 4.69) is 48.9 Å². The summed E-state index contributed by atoms with van der Waals surface area (Å²) in [6.45, 7) is 3.16. The van der Waals surface area contributed by atoms with Gasteiger partial charge in [-0.05, 0) is 73.5 Å². The molecule has 26 heavy (non-hydrogen) atoms. The summed E-state index contributed by atoms with van der Waals surface area (Å²) in [7, 11) is 0. The van der Waals surface area contributed by atoms with Crippen LogP contribution in [0.1, 0.15) is 28.4 Å². The van der Waals surface area contributed by atoms with Crippen molar-refractivity contribution >= 4 is 49.9 Å². The van der Waals surface area contributed by atoms with Gasteiger partial charge in [0.05, 0.1) is 16.8 Å². The van der Waals surface area contributed by atoms with Crippen LogP contribution in [0.25, 0.3) is 0 Å². The Bertz CT molecular complexity index is 853. The van der Waals surface area contributed by atoms with Crippen molar-refractivity contribution in [2.45, 2.75) is 18.9 Å². The van der Waals surface area contributed by atoms with E-state index in [1.54, 1.807) is 0 Å². The smallest absolute Gasteiger partial charge is 0.209 e. The predicted molar refractivity (Wildman–Crippen MR) is 110 cm³/mol. The van der Waals surface area contributed by atoms with Crippen molar-refractivity contribution in [1.29, 1.82) is 0 Å². The topological polar surface area (TPSA) is 36.4 Å². The fourth-order valence-corrected chi connectivity index (χ4v) is 5.05. The molecule has 4 nitrogen and oxygen atoms in total. The Hall–Kier alpha value is -0.950. The molecule has 1 saturated heterocycles. The molecule has 1 aliphatic heterocycles. The van der Waals surface area contributed by atoms with Gasteiger partial charge in [-0.1, -0.05) is 17.7 Å². The third kappa shape index (κ3) is 3.33. The van der Waals surface area contributed by atoms with E-state index in [0.29, 0.717) is 0 Å². The Morgan fingerprint density at radius 2 is 1.92 bits per heavy atom. The number of amides is 1. The van der Waals surface area contributed by atoms with Gasteiger partial charge < -0.3 is 4.90 Å². The van der Waals surface area contributed by atoms with Crippen LogP contribution in [0.2, 0.25) is 5.02 Å². The molecule has 1 atom stereocenters. The zero-order chi connectivity index (χ0) is 18.3. The van der Waals surface area contributed by atoms with Gasteiger partial charge in [-0.2, -0.15) is 0 Å². The van der Waals surface area contributed by atoms with E-state index in [9.17, 15) is 4.79 Å². The molecule has 2 aliphatic rings. The maximum Gasteiger partial charge on any atom is 0.209 e. The first kappa shape index (κ1) is 18.4. The van der Waals surface area contributed by atoms with Gasteiger partial charge in [0.2, 0.25) is 6.41 Å². The molecule has 0 bridgehead atoms.